The van der Waals surface area contributed by atoms with Gasteiger partial charge in [0, 0.05) is 12.1 Å². The van der Waals surface area contributed by atoms with Crippen LogP contribution in [0.25, 0.3) is 0 Å². The fourth-order valence-electron chi connectivity index (χ4n) is 4.41. The molecule has 0 aromatic heterocycles. The van der Waals surface area contributed by atoms with Crippen LogP contribution in [0.15, 0.2) is 0 Å². The highest BCUT2D eigenvalue weighted by Crippen LogP contribution is 2.41. The van der Waals surface area contributed by atoms with Gasteiger partial charge < -0.3 is 5.73 Å². The molecule has 1 aliphatic carbocycles. The number of nitrogens with two attached hydrogens (primary N) is 1. The predicted molar refractivity (Wildman–Crippen MR) is 87.8 cm³/mol. The largest absolute Gasteiger partial charge is 0.329 e. The Hall–Kier alpha value is -0.0800. The molecule has 0 aromatic carbocycles. The minimum Gasteiger partial charge on any atom is -0.329 e. The van der Waals surface area contributed by atoms with Gasteiger partial charge in [0.2, 0.25) is 0 Å². The fourth-order valence-corrected chi connectivity index (χ4v) is 4.41. The van der Waals surface area contributed by atoms with Gasteiger partial charge in [-0.15, -0.1) is 0 Å². The molecule has 1 heterocycles. The van der Waals surface area contributed by atoms with E-state index in [9.17, 15) is 0 Å². The number of hydrogen-bond acceptors (Lipinski definition) is 2. The second-order valence-electron chi connectivity index (χ2n) is 8.51. The Morgan fingerprint density at radius 1 is 1.05 bits per heavy atom. The number of rotatable bonds is 3. The molecule has 2 rings (SSSR count). The molecule has 2 fully saturated rings. The lowest BCUT2D eigenvalue weighted by atomic mass is 9.80. The summed E-state index contributed by atoms with van der Waals surface area (Å²) in [5, 5.41) is 0. The van der Waals surface area contributed by atoms with Crippen molar-refractivity contribution in [3.63, 3.8) is 0 Å². The molecule has 1 unspecified atom stereocenters. The molecule has 1 aliphatic heterocycles. The van der Waals surface area contributed by atoms with Crippen molar-refractivity contribution in [1.29, 1.82) is 0 Å². The molecule has 0 radical (unpaired) electrons. The molecule has 2 heteroatoms. The molecule has 0 spiro atoms. The normalized spacial score (nSPS) is 33.3. The van der Waals surface area contributed by atoms with Crippen molar-refractivity contribution in [2.75, 3.05) is 19.6 Å². The zero-order valence-electron chi connectivity index (χ0n) is 14.3. The third kappa shape index (κ3) is 3.57. The molecule has 0 aromatic rings. The average Bonchev–Trinajstić information content (AvgIpc) is 2.58. The minimum atomic E-state index is 0.315. The first kappa shape index (κ1) is 16.3. The molecule has 20 heavy (non-hydrogen) atoms. The van der Waals surface area contributed by atoms with Gasteiger partial charge in [0.05, 0.1) is 0 Å². The lowest BCUT2D eigenvalue weighted by molar-refractivity contribution is 0.0330. The monoisotopic (exact) mass is 280 g/mol. The van der Waals surface area contributed by atoms with Crippen LogP contribution in [0.5, 0.6) is 0 Å². The third-order valence-electron chi connectivity index (χ3n) is 6.30. The lowest BCUT2D eigenvalue weighted by Gasteiger charge is -2.47. The molecule has 1 atom stereocenters. The first-order valence-electron chi connectivity index (χ1n) is 8.84. The van der Waals surface area contributed by atoms with Crippen LogP contribution in [0.1, 0.15) is 72.6 Å². The summed E-state index contributed by atoms with van der Waals surface area (Å²) in [6.45, 7) is 13.0. The SMILES string of the molecule is CC(C)C1CCN(C2(CN)CCCC(C)(C)CC2)CC1. The van der Waals surface area contributed by atoms with Crippen molar-refractivity contribution < 1.29 is 0 Å². The van der Waals surface area contributed by atoms with E-state index in [4.69, 9.17) is 5.73 Å². The predicted octanol–water partition coefficient (Wildman–Crippen LogP) is 4.04. The summed E-state index contributed by atoms with van der Waals surface area (Å²) < 4.78 is 0. The Morgan fingerprint density at radius 3 is 2.25 bits per heavy atom. The van der Waals surface area contributed by atoms with Crippen LogP contribution in [0, 0.1) is 17.3 Å². The summed E-state index contributed by atoms with van der Waals surface area (Å²) in [4.78, 5) is 2.77. The molecular weight excluding hydrogens is 244 g/mol. The Balaban J connectivity index is 2.01. The average molecular weight is 280 g/mol. The maximum Gasteiger partial charge on any atom is 0.0331 e. The summed E-state index contributed by atoms with van der Waals surface area (Å²) in [5.41, 5.74) is 7.12. The van der Waals surface area contributed by atoms with E-state index in [-0.39, 0.29) is 0 Å². The lowest BCUT2D eigenvalue weighted by Crippen LogP contribution is -2.56. The second kappa shape index (κ2) is 6.36. The van der Waals surface area contributed by atoms with Crippen molar-refractivity contribution >= 4 is 0 Å². The van der Waals surface area contributed by atoms with Crippen LogP contribution in [-0.4, -0.2) is 30.1 Å². The van der Waals surface area contributed by atoms with Crippen molar-refractivity contribution in [3.05, 3.63) is 0 Å². The van der Waals surface area contributed by atoms with E-state index in [1.165, 1.54) is 58.0 Å². The molecule has 2 aliphatic rings. The summed E-state index contributed by atoms with van der Waals surface area (Å²) in [6, 6.07) is 0. The highest BCUT2D eigenvalue weighted by atomic mass is 15.2. The third-order valence-corrected chi connectivity index (χ3v) is 6.30. The summed E-state index contributed by atoms with van der Waals surface area (Å²) in [7, 11) is 0. The van der Waals surface area contributed by atoms with Crippen molar-refractivity contribution in [2.24, 2.45) is 23.0 Å². The van der Waals surface area contributed by atoms with E-state index in [2.05, 4.69) is 32.6 Å². The second-order valence-corrected chi connectivity index (χ2v) is 8.51. The topological polar surface area (TPSA) is 29.3 Å². The summed E-state index contributed by atoms with van der Waals surface area (Å²) in [6.07, 6.45) is 9.45. The highest BCUT2D eigenvalue weighted by Gasteiger charge is 2.40. The van der Waals surface area contributed by atoms with E-state index >= 15 is 0 Å². The van der Waals surface area contributed by atoms with Crippen molar-refractivity contribution in [1.82, 2.24) is 4.90 Å². The molecule has 2 N–H and O–H groups in total. The zero-order valence-corrected chi connectivity index (χ0v) is 14.3. The number of likely N-dealkylation sites (tertiary alicyclic amines) is 1. The first-order valence-corrected chi connectivity index (χ1v) is 8.84. The van der Waals surface area contributed by atoms with Crippen molar-refractivity contribution in [3.8, 4) is 0 Å². The van der Waals surface area contributed by atoms with Gasteiger partial charge in [0.25, 0.3) is 0 Å². The Kier molecular flexibility index (Phi) is 5.18. The van der Waals surface area contributed by atoms with Gasteiger partial charge in [-0.1, -0.05) is 34.1 Å². The highest BCUT2D eigenvalue weighted by molar-refractivity contribution is 4.97. The van der Waals surface area contributed by atoms with Gasteiger partial charge in [-0.3, -0.25) is 4.90 Å². The molecule has 1 saturated heterocycles. The molecule has 0 bridgehead atoms. The number of piperidine rings is 1. The van der Waals surface area contributed by atoms with Crippen molar-refractivity contribution in [2.45, 2.75) is 78.2 Å². The Morgan fingerprint density at radius 2 is 1.70 bits per heavy atom. The van der Waals surface area contributed by atoms with Crippen LogP contribution in [0.4, 0.5) is 0 Å². The summed E-state index contributed by atoms with van der Waals surface area (Å²) in [5.74, 6) is 1.78. The smallest absolute Gasteiger partial charge is 0.0331 e. The van der Waals surface area contributed by atoms with Gasteiger partial charge in [0.1, 0.15) is 0 Å². The first-order chi connectivity index (χ1) is 9.38. The standard InChI is InChI=1S/C18H36N2/c1-15(2)16-6-12-20(13-7-16)18(14-19)9-5-8-17(3,4)10-11-18/h15-16H,5-14,19H2,1-4H3. The van der Waals surface area contributed by atoms with Crippen LogP contribution < -0.4 is 5.73 Å². The van der Waals surface area contributed by atoms with E-state index in [1.807, 2.05) is 0 Å². The number of nitrogens with zero attached hydrogens (tertiary/aromatic N) is 1. The summed E-state index contributed by atoms with van der Waals surface area (Å²) >= 11 is 0. The Bertz CT molecular complexity index is 303. The van der Waals surface area contributed by atoms with E-state index in [0.717, 1.165) is 18.4 Å². The van der Waals surface area contributed by atoms with Gasteiger partial charge >= 0.3 is 0 Å². The van der Waals surface area contributed by atoms with Gasteiger partial charge in [-0.25, -0.2) is 0 Å². The van der Waals surface area contributed by atoms with Gasteiger partial charge in [-0.2, -0.15) is 0 Å². The quantitative estimate of drug-likeness (QED) is 0.791. The van der Waals surface area contributed by atoms with Gasteiger partial charge in [0.15, 0.2) is 0 Å². The molecule has 2 nitrogen and oxygen atoms in total. The maximum atomic E-state index is 6.28. The number of hydrogen-bond donors (Lipinski definition) is 1. The van der Waals surface area contributed by atoms with Crippen LogP contribution in [-0.2, 0) is 0 Å². The van der Waals surface area contributed by atoms with Gasteiger partial charge in [-0.05, 0) is 68.9 Å². The van der Waals surface area contributed by atoms with E-state index in [0.29, 0.717) is 11.0 Å². The van der Waals surface area contributed by atoms with E-state index in [1.54, 1.807) is 0 Å². The van der Waals surface area contributed by atoms with Crippen LogP contribution in [0.3, 0.4) is 0 Å². The fraction of sp³-hybridized carbons (Fsp3) is 1.00. The van der Waals surface area contributed by atoms with Crippen LogP contribution >= 0.6 is 0 Å². The van der Waals surface area contributed by atoms with Crippen LogP contribution in [0.2, 0.25) is 0 Å². The molecule has 0 amide bonds. The molecular formula is C18H36N2. The zero-order chi connectivity index (χ0) is 14.8. The maximum absolute atomic E-state index is 6.28. The minimum absolute atomic E-state index is 0.315. The molecule has 1 saturated carbocycles. The Labute approximate surface area is 126 Å². The molecule has 118 valence electrons. The van der Waals surface area contributed by atoms with E-state index < -0.39 is 0 Å².